The molecule has 0 unspecified atom stereocenters. The maximum atomic E-state index is 11.2. The zero-order chi connectivity index (χ0) is 11.4. The van der Waals surface area contributed by atoms with Crippen LogP contribution < -0.4 is 4.74 Å². The summed E-state index contributed by atoms with van der Waals surface area (Å²) in [6.07, 6.45) is 0. The number of carbonyl (C=O) groups is 2. The third kappa shape index (κ3) is 2.13. The van der Waals surface area contributed by atoms with Crippen molar-refractivity contribution in [1.82, 2.24) is 0 Å². The Bertz CT molecular complexity index is 397. The van der Waals surface area contributed by atoms with Gasteiger partial charge in [0, 0.05) is 5.56 Å². The first-order valence-electron chi connectivity index (χ1n) is 4.16. The lowest BCUT2D eigenvalue weighted by Gasteiger charge is -2.09. The molecular weight excluding hydrogens is 200 g/mol. The van der Waals surface area contributed by atoms with Crippen LogP contribution in [0.1, 0.15) is 15.9 Å². The van der Waals surface area contributed by atoms with E-state index in [0.29, 0.717) is 5.56 Å². The van der Waals surface area contributed by atoms with E-state index in [0.717, 1.165) is 0 Å². The predicted molar refractivity (Wildman–Crippen MR) is 50.9 cm³/mol. The Hall–Kier alpha value is -1.88. The minimum atomic E-state index is -1.55. The second-order valence-corrected chi connectivity index (χ2v) is 2.79. The van der Waals surface area contributed by atoms with E-state index in [4.69, 9.17) is 14.9 Å². The van der Waals surface area contributed by atoms with Gasteiger partial charge in [-0.3, -0.25) is 4.79 Å². The summed E-state index contributed by atoms with van der Waals surface area (Å²) in [6, 6.07) is 4.39. The third-order valence-corrected chi connectivity index (χ3v) is 1.91. The van der Waals surface area contributed by atoms with Crippen LogP contribution in [0.4, 0.5) is 0 Å². The molecule has 5 heteroatoms. The van der Waals surface area contributed by atoms with Gasteiger partial charge in [-0.15, -0.1) is 0 Å². The highest BCUT2D eigenvalue weighted by Crippen LogP contribution is 2.24. The Morgan fingerprint density at radius 3 is 2.53 bits per heavy atom. The van der Waals surface area contributed by atoms with Gasteiger partial charge in [0.05, 0.1) is 19.3 Å². The average Bonchev–Trinajstić information content (AvgIpc) is 2.26. The number of aliphatic hydroxyl groups excluding tert-OH is 1. The van der Waals surface area contributed by atoms with Crippen molar-refractivity contribution in [3.05, 3.63) is 29.3 Å². The second-order valence-electron chi connectivity index (χ2n) is 2.79. The lowest BCUT2D eigenvalue weighted by atomic mass is 10.1. The summed E-state index contributed by atoms with van der Waals surface area (Å²) in [7, 11) is 1.31. The molecular formula is C10H10O5. The fourth-order valence-corrected chi connectivity index (χ4v) is 1.24. The molecule has 0 aliphatic carbocycles. The van der Waals surface area contributed by atoms with Crippen molar-refractivity contribution in [2.45, 2.75) is 6.61 Å². The number of carbonyl (C=O) groups excluding carboxylic acids is 1. The van der Waals surface area contributed by atoms with Crippen LogP contribution in [0.5, 0.6) is 5.75 Å². The number of ether oxygens (including phenoxy) is 1. The number of rotatable bonds is 4. The molecule has 1 aromatic carbocycles. The minimum absolute atomic E-state index is 0.0587. The molecule has 0 bridgehead atoms. The van der Waals surface area contributed by atoms with Crippen molar-refractivity contribution in [2.75, 3.05) is 7.11 Å². The Labute approximate surface area is 85.9 Å². The maximum Gasteiger partial charge on any atom is 0.377 e. The molecule has 0 radical (unpaired) electrons. The molecule has 0 fully saturated rings. The summed E-state index contributed by atoms with van der Waals surface area (Å²) in [5.74, 6) is -2.50. The normalized spacial score (nSPS) is 9.73. The number of para-hydroxylation sites is 1. The van der Waals surface area contributed by atoms with Crippen LogP contribution in [0, 0.1) is 0 Å². The first kappa shape index (κ1) is 11.2. The van der Waals surface area contributed by atoms with Crippen molar-refractivity contribution >= 4 is 11.8 Å². The second kappa shape index (κ2) is 4.56. The number of Topliss-reactive ketones (excluding diaryl/α,β-unsaturated/α-hetero) is 1. The molecule has 80 valence electrons. The van der Waals surface area contributed by atoms with Crippen LogP contribution in [-0.2, 0) is 11.4 Å². The molecule has 0 saturated heterocycles. The predicted octanol–water partition coefficient (Wildman–Crippen LogP) is 0.455. The lowest BCUT2D eigenvalue weighted by molar-refractivity contribution is -0.131. The zero-order valence-electron chi connectivity index (χ0n) is 8.06. The van der Waals surface area contributed by atoms with Gasteiger partial charge in [-0.05, 0) is 6.07 Å². The number of benzene rings is 1. The van der Waals surface area contributed by atoms with E-state index < -0.39 is 11.8 Å². The van der Waals surface area contributed by atoms with Gasteiger partial charge in [-0.2, -0.15) is 0 Å². The Balaban J connectivity index is 3.29. The summed E-state index contributed by atoms with van der Waals surface area (Å²) in [5, 5.41) is 17.5. The van der Waals surface area contributed by atoms with Gasteiger partial charge in [0.1, 0.15) is 5.75 Å². The van der Waals surface area contributed by atoms with Crippen LogP contribution in [-0.4, -0.2) is 29.1 Å². The van der Waals surface area contributed by atoms with Gasteiger partial charge in [0.25, 0.3) is 5.78 Å². The first-order chi connectivity index (χ1) is 7.11. The van der Waals surface area contributed by atoms with E-state index in [1.54, 1.807) is 6.07 Å². The number of hydrogen-bond donors (Lipinski definition) is 2. The summed E-state index contributed by atoms with van der Waals surface area (Å²) in [4.78, 5) is 21.7. The SMILES string of the molecule is COc1c(CO)cccc1C(=O)C(=O)O. The lowest BCUT2D eigenvalue weighted by Crippen LogP contribution is -2.14. The van der Waals surface area contributed by atoms with E-state index in [9.17, 15) is 9.59 Å². The van der Waals surface area contributed by atoms with Gasteiger partial charge >= 0.3 is 5.97 Å². The molecule has 2 N–H and O–H groups in total. The topological polar surface area (TPSA) is 83.8 Å². The van der Waals surface area contributed by atoms with E-state index in [2.05, 4.69) is 0 Å². The number of aliphatic carboxylic acids is 1. The number of carboxylic acids is 1. The summed E-state index contributed by atoms with van der Waals surface area (Å²) < 4.78 is 4.89. The molecule has 0 saturated carbocycles. The Morgan fingerprint density at radius 2 is 2.07 bits per heavy atom. The highest BCUT2D eigenvalue weighted by atomic mass is 16.5. The molecule has 1 aromatic rings. The fraction of sp³-hybridized carbons (Fsp3) is 0.200. The Morgan fingerprint density at radius 1 is 1.40 bits per heavy atom. The molecule has 0 spiro atoms. The van der Waals surface area contributed by atoms with E-state index in [1.165, 1.54) is 19.2 Å². The zero-order valence-corrected chi connectivity index (χ0v) is 8.06. The monoisotopic (exact) mass is 210 g/mol. The van der Waals surface area contributed by atoms with E-state index in [-0.39, 0.29) is 17.9 Å². The van der Waals surface area contributed by atoms with Crippen LogP contribution in [0.25, 0.3) is 0 Å². The Kier molecular flexibility index (Phi) is 3.41. The van der Waals surface area contributed by atoms with Crippen LogP contribution >= 0.6 is 0 Å². The van der Waals surface area contributed by atoms with Crippen LogP contribution in [0.2, 0.25) is 0 Å². The van der Waals surface area contributed by atoms with Gasteiger partial charge in [-0.25, -0.2) is 4.79 Å². The van der Waals surface area contributed by atoms with Crippen LogP contribution in [0.3, 0.4) is 0 Å². The highest BCUT2D eigenvalue weighted by Gasteiger charge is 2.20. The smallest absolute Gasteiger partial charge is 0.377 e. The summed E-state index contributed by atoms with van der Waals surface area (Å²) in [6.45, 7) is -0.316. The largest absolute Gasteiger partial charge is 0.496 e. The van der Waals surface area contributed by atoms with Crippen molar-refractivity contribution in [3.8, 4) is 5.75 Å². The molecule has 0 amide bonds. The third-order valence-electron chi connectivity index (χ3n) is 1.91. The van der Waals surface area contributed by atoms with Crippen molar-refractivity contribution in [2.24, 2.45) is 0 Å². The van der Waals surface area contributed by atoms with Gasteiger partial charge in [-0.1, -0.05) is 12.1 Å². The van der Waals surface area contributed by atoms with Crippen molar-refractivity contribution < 1.29 is 24.5 Å². The fourth-order valence-electron chi connectivity index (χ4n) is 1.24. The number of ketones is 1. The van der Waals surface area contributed by atoms with E-state index in [1.807, 2.05) is 0 Å². The molecule has 0 aliphatic heterocycles. The van der Waals surface area contributed by atoms with Gasteiger partial charge in [0.15, 0.2) is 0 Å². The number of methoxy groups -OCH3 is 1. The molecule has 15 heavy (non-hydrogen) atoms. The molecule has 0 atom stereocenters. The summed E-state index contributed by atoms with van der Waals surface area (Å²) >= 11 is 0. The molecule has 5 nitrogen and oxygen atoms in total. The molecule has 0 aliphatic rings. The molecule has 1 rings (SSSR count). The highest BCUT2D eigenvalue weighted by molar-refractivity contribution is 6.40. The van der Waals surface area contributed by atoms with Crippen LogP contribution in [0.15, 0.2) is 18.2 Å². The van der Waals surface area contributed by atoms with Crippen molar-refractivity contribution in [3.63, 3.8) is 0 Å². The first-order valence-corrected chi connectivity index (χ1v) is 4.16. The maximum absolute atomic E-state index is 11.2. The standard InChI is InChI=1S/C10H10O5/c1-15-9-6(5-11)3-2-4-7(9)8(12)10(13)14/h2-4,11H,5H2,1H3,(H,13,14). The average molecular weight is 210 g/mol. The van der Waals surface area contributed by atoms with Crippen molar-refractivity contribution in [1.29, 1.82) is 0 Å². The quantitative estimate of drug-likeness (QED) is 0.557. The number of hydrogen-bond acceptors (Lipinski definition) is 4. The minimum Gasteiger partial charge on any atom is -0.496 e. The molecule has 0 heterocycles. The number of aliphatic hydroxyl groups is 1. The van der Waals surface area contributed by atoms with Gasteiger partial charge in [0.2, 0.25) is 0 Å². The summed E-state index contributed by atoms with van der Waals surface area (Å²) in [5.41, 5.74) is 0.321. The van der Waals surface area contributed by atoms with Gasteiger partial charge < -0.3 is 14.9 Å². The van der Waals surface area contributed by atoms with E-state index >= 15 is 0 Å². The number of carboxylic acid groups (broad SMARTS) is 1. The molecule has 0 aromatic heterocycles.